The van der Waals surface area contributed by atoms with E-state index in [0.717, 1.165) is 10.4 Å². The van der Waals surface area contributed by atoms with Crippen LogP contribution in [0.5, 0.6) is 0 Å². The molecule has 0 aliphatic rings. The Labute approximate surface area is 133 Å². The first-order valence-electron chi connectivity index (χ1n) is 7.01. The van der Waals surface area contributed by atoms with Gasteiger partial charge >= 0.3 is 0 Å². The summed E-state index contributed by atoms with van der Waals surface area (Å²) in [6, 6.07) is 5.83. The van der Waals surface area contributed by atoms with E-state index in [1.165, 1.54) is 23.5 Å². The van der Waals surface area contributed by atoms with Crippen LogP contribution in [0, 0.1) is 11.2 Å². The van der Waals surface area contributed by atoms with E-state index in [1.807, 2.05) is 26.8 Å². The molecule has 0 bridgehead atoms. The molecule has 22 heavy (non-hydrogen) atoms. The predicted octanol–water partition coefficient (Wildman–Crippen LogP) is 3.18. The SMILES string of the molecule is CC(C)(C)[C@H](N)C(=O)Nc1ncc(Cc2cccc(F)c2)s1. The lowest BCUT2D eigenvalue weighted by Crippen LogP contribution is -2.45. The van der Waals surface area contributed by atoms with Gasteiger partial charge in [-0.25, -0.2) is 9.37 Å². The van der Waals surface area contributed by atoms with Crippen molar-refractivity contribution in [1.29, 1.82) is 0 Å². The summed E-state index contributed by atoms with van der Waals surface area (Å²) >= 11 is 1.37. The summed E-state index contributed by atoms with van der Waals surface area (Å²) in [5, 5.41) is 3.25. The number of thiazole rings is 1. The molecule has 6 heteroatoms. The van der Waals surface area contributed by atoms with Crippen molar-refractivity contribution in [2.24, 2.45) is 11.1 Å². The van der Waals surface area contributed by atoms with Crippen molar-refractivity contribution in [3.8, 4) is 0 Å². The van der Waals surface area contributed by atoms with Crippen LogP contribution in [-0.4, -0.2) is 16.9 Å². The minimum absolute atomic E-state index is 0.251. The fourth-order valence-corrected chi connectivity index (χ4v) is 2.72. The standard InChI is InChI=1S/C16H20FN3OS/c1-16(2,3)13(18)14(21)20-15-19-9-12(22-15)8-10-5-4-6-11(17)7-10/h4-7,9,13H,8,18H2,1-3H3,(H,19,20,21)/t13-/m1/s1. The highest BCUT2D eigenvalue weighted by Crippen LogP contribution is 2.23. The van der Waals surface area contributed by atoms with Gasteiger partial charge in [-0.3, -0.25) is 4.79 Å². The minimum atomic E-state index is -0.608. The highest BCUT2D eigenvalue weighted by atomic mass is 32.1. The first-order chi connectivity index (χ1) is 10.3. The van der Waals surface area contributed by atoms with E-state index in [4.69, 9.17) is 5.73 Å². The van der Waals surface area contributed by atoms with Gasteiger partial charge in [0, 0.05) is 17.5 Å². The Balaban J connectivity index is 2.01. The first kappa shape index (κ1) is 16.6. The zero-order valence-electron chi connectivity index (χ0n) is 12.9. The normalized spacial score (nSPS) is 13.0. The monoisotopic (exact) mass is 321 g/mol. The molecule has 1 atom stereocenters. The number of nitrogens with two attached hydrogens (primary N) is 1. The van der Waals surface area contributed by atoms with Gasteiger partial charge in [0.25, 0.3) is 0 Å². The molecular formula is C16H20FN3OS. The van der Waals surface area contributed by atoms with Crippen LogP contribution in [0.1, 0.15) is 31.2 Å². The fourth-order valence-electron chi connectivity index (χ4n) is 1.87. The number of hydrogen-bond donors (Lipinski definition) is 2. The van der Waals surface area contributed by atoms with Crippen LogP contribution in [0.3, 0.4) is 0 Å². The molecule has 0 spiro atoms. The maximum atomic E-state index is 13.2. The van der Waals surface area contributed by atoms with Gasteiger partial charge in [0.1, 0.15) is 5.82 Å². The van der Waals surface area contributed by atoms with Crippen molar-refractivity contribution in [2.45, 2.75) is 33.2 Å². The van der Waals surface area contributed by atoms with Crippen LogP contribution in [0.15, 0.2) is 30.5 Å². The van der Waals surface area contributed by atoms with Crippen molar-refractivity contribution in [3.63, 3.8) is 0 Å². The second kappa shape index (κ2) is 6.54. The molecule has 2 aromatic rings. The number of carbonyl (C=O) groups is 1. The Morgan fingerprint density at radius 3 is 2.82 bits per heavy atom. The molecule has 1 aromatic heterocycles. The Kier molecular flexibility index (Phi) is 4.93. The zero-order valence-corrected chi connectivity index (χ0v) is 13.7. The van der Waals surface area contributed by atoms with E-state index in [2.05, 4.69) is 10.3 Å². The van der Waals surface area contributed by atoms with Gasteiger partial charge < -0.3 is 11.1 Å². The van der Waals surface area contributed by atoms with Gasteiger partial charge in [0.15, 0.2) is 5.13 Å². The van der Waals surface area contributed by atoms with E-state index in [0.29, 0.717) is 11.6 Å². The maximum Gasteiger partial charge on any atom is 0.243 e. The summed E-state index contributed by atoms with van der Waals surface area (Å²) in [6.45, 7) is 5.73. The molecule has 0 fully saturated rings. The van der Waals surface area contributed by atoms with Crippen LogP contribution in [0.25, 0.3) is 0 Å². The number of nitrogens with one attached hydrogen (secondary N) is 1. The molecule has 0 saturated carbocycles. The lowest BCUT2D eigenvalue weighted by molar-refractivity contribution is -0.119. The summed E-state index contributed by atoms with van der Waals surface area (Å²) in [4.78, 5) is 17.2. The van der Waals surface area contributed by atoms with Crippen LogP contribution in [-0.2, 0) is 11.2 Å². The van der Waals surface area contributed by atoms with Crippen molar-refractivity contribution in [3.05, 3.63) is 46.7 Å². The maximum absolute atomic E-state index is 13.2. The highest BCUT2D eigenvalue weighted by molar-refractivity contribution is 7.15. The van der Waals surface area contributed by atoms with Crippen molar-refractivity contribution < 1.29 is 9.18 Å². The molecule has 0 radical (unpaired) electrons. The lowest BCUT2D eigenvalue weighted by atomic mass is 9.87. The highest BCUT2D eigenvalue weighted by Gasteiger charge is 2.27. The van der Waals surface area contributed by atoms with Gasteiger partial charge in [-0.05, 0) is 23.1 Å². The number of aromatic nitrogens is 1. The summed E-state index contributed by atoms with van der Waals surface area (Å²) < 4.78 is 13.2. The molecule has 1 heterocycles. The first-order valence-corrected chi connectivity index (χ1v) is 7.83. The molecule has 118 valence electrons. The van der Waals surface area contributed by atoms with Crippen LogP contribution < -0.4 is 11.1 Å². The van der Waals surface area contributed by atoms with Crippen LogP contribution in [0.2, 0.25) is 0 Å². The van der Waals surface area contributed by atoms with Crippen LogP contribution in [0.4, 0.5) is 9.52 Å². The van der Waals surface area contributed by atoms with E-state index in [-0.39, 0.29) is 17.1 Å². The smallest absolute Gasteiger partial charge is 0.243 e. The van der Waals surface area contributed by atoms with Gasteiger partial charge in [0.05, 0.1) is 6.04 Å². The van der Waals surface area contributed by atoms with Gasteiger partial charge in [-0.2, -0.15) is 0 Å². The molecule has 2 rings (SSSR count). The molecule has 0 aliphatic carbocycles. The summed E-state index contributed by atoms with van der Waals surface area (Å²) in [5.74, 6) is -0.508. The van der Waals surface area contributed by atoms with Gasteiger partial charge in [-0.15, -0.1) is 11.3 Å². The Morgan fingerprint density at radius 1 is 1.45 bits per heavy atom. The third-order valence-corrected chi connectivity index (χ3v) is 4.18. The number of halogens is 1. The fraction of sp³-hybridized carbons (Fsp3) is 0.375. The topological polar surface area (TPSA) is 68.0 Å². The van der Waals surface area contributed by atoms with Crippen molar-refractivity contribution in [2.75, 3.05) is 5.32 Å². The number of anilines is 1. The predicted molar refractivity (Wildman–Crippen MR) is 87.4 cm³/mol. The minimum Gasteiger partial charge on any atom is -0.319 e. The average molecular weight is 321 g/mol. The third-order valence-electron chi connectivity index (χ3n) is 3.27. The van der Waals surface area contributed by atoms with Crippen molar-refractivity contribution >= 4 is 22.4 Å². The molecule has 4 nitrogen and oxygen atoms in total. The third kappa shape index (κ3) is 4.35. The van der Waals surface area contributed by atoms with Crippen molar-refractivity contribution in [1.82, 2.24) is 4.98 Å². The molecule has 0 saturated heterocycles. The molecule has 3 N–H and O–H groups in total. The Bertz CT molecular complexity index is 663. The van der Waals surface area contributed by atoms with E-state index in [1.54, 1.807) is 12.3 Å². The van der Waals surface area contributed by atoms with Gasteiger partial charge in [-0.1, -0.05) is 32.9 Å². The number of carbonyl (C=O) groups excluding carboxylic acids is 1. The summed E-state index contributed by atoms with van der Waals surface area (Å²) in [7, 11) is 0. The number of benzene rings is 1. The lowest BCUT2D eigenvalue weighted by Gasteiger charge is -2.25. The van der Waals surface area contributed by atoms with E-state index < -0.39 is 6.04 Å². The largest absolute Gasteiger partial charge is 0.319 e. The van der Waals surface area contributed by atoms with E-state index >= 15 is 0 Å². The quantitative estimate of drug-likeness (QED) is 0.909. The Hall–Kier alpha value is -1.79. The molecular weight excluding hydrogens is 301 g/mol. The molecule has 1 aromatic carbocycles. The summed E-state index contributed by atoms with van der Waals surface area (Å²) in [6.07, 6.45) is 2.27. The molecule has 1 amide bonds. The number of amides is 1. The number of hydrogen-bond acceptors (Lipinski definition) is 4. The summed E-state index contributed by atoms with van der Waals surface area (Å²) in [5.41, 5.74) is 6.47. The Morgan fingerprint density at radius 2 is 2.18 bits per heavy atom. The number of nitrogens with zero attached hydrogens (tertiary/aromatic N) is 1. The zero-order chi connectivity index (χ0) is 16.3. The average Bonchev–Trinajstić information content (AvgIpc) is 2.84. The van der Waals surface area contributed by atoms with Crippen LogP contribution >= 0.6 is 11.3 Å². The van der Waals surface area contributed by atoms with E-state index in [9.17, 15) is 9.18 Å². The second-order valence-corrected chi connectivity index (χ2v) is 7.39. The second-order valence-electron chi connectivity index (χ2n) is 6.27. The molecule has 0 aliphatic heterocycles. The van der Waals surface area contributed by atoms with Gasteiger partial charge in [0.2, 0.25) is 5.91 Å². The molecule has 0 unspecified atom stereocenters. The number of rotatable bonds is 4.